The van der Waals surface area contributed by atoms with Crippen LogP contribution in [-0.2, 0) is 9.47 Å². The average molecular weight is 286 g/mol. The summed E-state index contributed by atoms with van der Waals surface area (Å²) < 4.78 is 15.4. The number of hydrogen-bond donors (Lipinski definition) is 1. The van der Waals surface area contributed by atoms with Crippen LogP contribution < -0.4 is 10.1 Å². The lowest BCUT2D eigenvalue weighted by molar-refractivity contribution is -0.386. The number of anilines is 1. The minimum absolute atomic E-state index is 0.0498. The van der Waals surface area contributed by atoms with Gasteiger partial charge in [-0.05, 0) is 0 Å². The molecule has 0 aliphatic heterocycles. The lowest BCUT2D eigenvalue weighted by atomic mass is 10.4. The van der Waals surface area contributed by atoms with Crippen molar-refractivity contribution < 1.29 is 19.1 Å². The van der Waals surface area contributed by atoms with E-state index in [4.69, 9.17) is 14.2 Å². The van der Waals surface area contributed by atoms with E-state index in [9.17, 15) is 10.1 Å². The van der Waals surface area contributed by atoms with Crippen molar-refractivity contribution >= 4 is 11.6 Å². The average Bonchev–Trinajstić information content (AvgIpc) is 2.45. The van der Waals surface area contributed by atoms with Crippen molar-refractivity contribution in [3.8, 4) is 5.88 Å². The second-order valence-corrected chi connectivity index (χ2v) is 3.70. The molecule has 0 bridgehead atoms. The Hall–Kier alpha value is -2.00. The van der Waals surface area contributed by atoms with Crippen LogP contribution in [0.25, 0.3) is 0 Å². The molecule has 9 heteroatoms. The number of nitrogens with zero attached hydrogens (tertiary/aromatic N) is 3. The van der Waals surface area contributed by atoms with Gasteiger partial charge in [0.15, 0.2) is 0 Å². The quantitative estimate of drug-likeness (QED) is 0.383. The van der Waals surface area contributed by atoms with Gasteiger partial charge in [-0.1, -0.05) is 0 Å². The summed E-state index contributed by atoms with van der Waals surface area (Å²) >= 11 is 0. The Bertz CT molecular complexity index is 429. The van der Waals surface area contributed by atoms with Crippen molar-refractivity contribution in [1.82, 2.24) is 9.97 Å². The van der Waals surface area contributed by atoms with Crippen molar-refractivity contribution in [2.45, 2.75) is 6.42 Å². The van der Waals surface area contributed by atoms with Crippen LogP contribution >= 0.6 is 0 Å². The second-order valence-electron chi connectivity index (χ2n) is 3.70. The Balaban J connectivity index is 2.43. The number of methoxy groups -OCH3 is 1. The molecule has 1 rings (SSSR count). The Kier molecular flexibility index (Phi) is 7.22. The van der Waals surface area contributed by atoms with E-state index in [1.165, 1.54) is 0 Å². The molecule has 0 saturated heterocycles. The zero-order chi connectivity index (χ0) is 14.8. The molecule has 0 amide bonds. The number of nitrogens with one attached hydrogen (secondary N) is 1. The van der Waals surface area contributed by atoms with Gasteiger partial charge in [-0.25, -0.2) is 4.98 Å². The fraction of sp³-hybridized carbons (Fsp3) is 0.636. The summed E-state index contributed by atoms with van der Waals surface area (Å²) in [5, 5.41) is 13.5. The van der Waals surface area contributed by atoms with Crippen LogP contribution in [0.1, 0.15) is 6.42 Å². The molecule has 20 heavy (non-hydrogen) atoms. The van der Waals surface area contributed by atoms with Gasteiger partial charge in [0.1, 0.15) is 6.20 Å². The molecule has 1 aromatic heterocycles. The standard InChI is InChI=1S/C11H18N4O5/c1-12-11-13-8-9(15(16)17)10(14-11)20-5-3-4-19-7-6-18-2/h8H,3-7H2,1-2H3,(H,12,13,14). The minimum Gasteiger partial charge on any atom is -0.473 e. The molecule has 1 aromatic rings. The van der Waals surface area contributed by atoms with E-state index in [-0.39, 0.29) is 24.1 Å². The third-order valence-electron chi connectivity index (χ3n) is 2.26. The van der Waals surface area contributed by atoms with Crippen LogP contribution in [0.4, 0.5) is 11.6 Å². The Labute approximate surface area is 116 Å². The summed E-state index contributed by atoms with van der Waals surface area (Å²) in [4.78, 5) is 17.9. The number of aromatic nitrogens is 2. The summed E-state index contributed by atoms with van der Waals surface area (Å²) in [6.45, 7) is 1.80. The summed E-state index contributed by atoms with van der Waals surface area (Å²) in [5.41, 5.74) is -0.260. The van der Waals surface area contributed by atoms with Gasteiger partial charge >= 0.3 is 5.69 Å². The van der Waals surface area contributed by atoms with Crippen LogP contribution in [0.2, 0.25) is 0 Å². The maximum atomic E-state index is 10.8. The monoisotopic (exact) mass is 286 g/mol. The highest BCUT2D eigenvalue weighted by Crippen LogP contribution is 2.24. The lowest BCUT2D eigenvalue weighted by Gasteiger charge is -2.07. The van der Waals surface area contributed by atoms with Crippen LogP contribution in [0.3, 0.4) is 0 Å². The van der Waals surface area contributed by atoms with Gasteiger partial charge in [-0.2, -0.15) is 4.98 Å². The van der Waals surface area contributed by atoms with Crippen LogP contribution in [0.15, 0.2) is 6.20 Å². The summed E-state index contributed by atoms with van der Waals surface area (Å²) in [7, 11) is 3.22. The zero-order valence-electron chi connectivity index (χ0n) is 11.5. The first-order valence-corrected chi connectivity index (χ1v) is 6.07. The van der Waals surface area contributed by atoms with Crippen molar-refractivity contribution in [2.24, 2.45) is 0 Å². The predicted octanol–water partition coefficient (Wildman–Crippen LogP) is 0.858. The third kappa shape index (κ3) is 5.33. The molecule has 0 spiro atoms. The van der Waals surface area contributed by atoms with Gasteiger partial charge in [0.2, 0.25) is 5.95 Å². The molecule has 0 aliphatic rings. The minimum atomic E-state index is -0.580. The van der Waals surface area contributed by atoms with E-state index in [1.807, 2.05) is 0 Å². The maximum absolute atomic E-state index is 10.8. The molecule has 0 aromatic carbocycles. The molecule has 0 atom stereocenters. The Morgan fingerprint density at radius 2 is 2.15 bits per heavy atom. The SMILES string of the molecule is CNc1ncc([N+](=O)[O-])c(OCCCOCCOC)n1. The zero-order valence-corrected chi connectivity index (χ0v) is 11.5. The van der Waals surface area contributed by atoms with Gasteiger partial charge in [0, 0.05) is 27.2 Å². The molecule has 0 fully saturated rings. The van der Waals surface area contributed by atoms with E-state index in [0.717, 1.165) is 6.20 Å². The first-order valence-electron chi connectivity index (χ1n) is 6.07. The van der Waals surface area contributed by atoms with E-state index in [1.54, 1.807) is 14.2 Å². The molecule has 112 valence electrons. The number of hydrogen-bond acceptors (Lipinski definition) is 8. The first-order chi connectivity index (χ1) is 9.69. The molecule has 1 N–H and O–H groups in total. The number of nitro groups is 1. The molecule has 0 radical (unpaired) electrons. The van der Waals surface area contributed by atoms with E-state index < -0.39 is 4.92 Å². The van der Waals surface area contributed by atoms with E-state index in [2.05, 4.69) is 15.3 Å². The maximum Gasteiger partial charge on any atom is 0.349 e. The van der Waals surface area contributed by atoms with Crippen LogP contribution in [0, 0.1) is 10.1 Å². The fourth-order valence-electron chi connectivity index (χ4n) is 1.29. The normalized spacial score (nSPS) is 10.3. The topological polar surface area (TPSA) is 109 Å². The molecule has 0 unspecified atom stereocenters. The largest absolute Gasteiger partial charge is 0.473 e. The highest BCUT2D eigenvalue weighted by Gasteiger charge is 2.18. The predicted molar refractivity (Wildman–Crippen MR) is 71.0 cm³/mol. The Morgan fingerprint density at radius 1 is 1.35 bits per heavy atom. The van der Waals surface area contributed by atoms with Crippen molar-refractivity contribution in [3.63, 3.8) is 0 Å². The van der Waals surface area contributed by atoms with Gasteiger partial charge in [0.05, 0.1) is 24.7 Å². The number of rotatable bonds is 10. The molecule has 0 saturated carbocycles. The van der Waals surface area contributed by atoms with Gasteiger partial charge in [0.25, 0.3) is 5.88 Å². The van der Waals surface area contributed by atoms with Gasteiger partial charge in [-0.3, -0.25) is 10.1 Å². The summed E-state index contributed by atoms with van der Waals surface area (Å²) in [5.74, 6) is 0.216. The molecule has 9 nitrogen and oxygen atoms in total. The van der Waals surface area contributed by atoms with Crippen molar-refractivity contribution in [3.05, 3.63) is 16.3 Å². The molecular weight excluding hydrogens is 268 g/mol. The van der Waals surface area contributed by atoms with E-state index >= 15 is 0 Å². The number of ether oxygens (including phenoxy) is 3. The highest BCUT2D eigenvalue weighted by molar-refractivity contribution is 5.42. The molecule has 1 heterocycles. The van der Waals surface area contributed by atoms with Gasteiger partial charge < -0.3 is 19.5 Å². The van der Waals surface area contributed by atoms with Crippen molar-refractivity contribution in [2.75, 3.05) is 45.9 Å². The second kappa shape index (κ2) is 8.99. The van der Waals surface area contributed by atoms with Crippen LogP contribution in [-0.4, -0.2) is 55.5 Å². The molecular formula is C11H18N4O5. The third-order valence-corrected chi connectivity index (χ3v) is 2.26. The summed E-state index contributed by atoms with van der Waals surface area (Å²) in [6, 6.07) is 0. The summed E-state index contributed by atoms with van der Waals surface area (Å²) in [6.07, 6.45) is 1.71. The van der Waals surface area contributed by atoms with E-state index in [0.29, 0.717) is 26.2 Å². The first kappa shape index (κ1) is 16.1. The lowest BCUT2D eigenvalue weighted by Crippen LogP contribution is -2.09. The van der Waals surface area contributed by atoms with Crippen molar-refractivity contribution in [1.29, 1.82) is 0 Å². The van der Waals surface area contributed by atoms with Gasteiger partial charge in [-0.15, -0.1) is 0 Å². The highest BCUT2D eigenvalue weighted by atomic mass is 16.6. The fourth-order valence-corrected chi connectivity index (χ4v) is 1.29. The van der Waals surface area contributed by atoms with Crippen LogP contribution in [0.5, 0.6) is 5.88 Å². The smallest absolute Gasteiger partial charge is 0.349 e. The Morgan fingerprint density at radius 3 is 2.80 bits per heavy atom. The molecule has 0 aliphatic carbocycles.